The maximum atomic E-state index is 12.4. The van der Waals surface area contributed by atoms with E-state index in [-0.39, 0.29) is 5.91 Å². The van der Waals surface area contributed by atoms with Crippen molar-refractivity contribution in [3.05, 3.63) is 53.3 Å². The fraction of sp³-hybridized carbons (Fsp3) is 0.389. The molecule has 1 aromatic carbocycles. The summed E-state index contributed by atoms with van der Waals surface area (Å²) in [5, 5.41) is 3.33. The molecule has 0 atom stereocenters. The molecule has 0 bridgehead atoms. The van der Waals surface area contributed by atoms with Gasteiger partial charge < -0.3 is 10.1 Å². The number of rotatable bonds is 5. The number of hydrogen-bond donors (Lipinski definition) is 1. The van der Waals surface area contributed by atoms with Gasteiger partial charge in [-0.15, -0.1) is 0 Å². The fourth-order valence-corrected chi connectivity index (χ4v) is 2.90. The lowest BCUT2D eigenvalue weighted by Gasteiger charge is -2.16. The number of nitrogens with zero attached hydrogens (tertiary/aromatic N) is 1. The number of fused-ring (bicyclic) bond motifs is 1. The molecule has 1 aromatic heterocycles. The molecular weight excluding hydrogens is 276 g/mol. The van der Waals surface area contributed by atoms with Gasteiger partial charge in [0.25, 0.3) is 0 Å². The molecule has 1 N–H and O–H groups in total. The lowest BCUT2D eigenvalue weighted by atomic mass is 10.1. The minimum absolute atomic E-state index is 0.178. The molecule has 1 aliphatic rings. The van der Waals surface area contributed by atoms with Crippen molar-refractivity contribution in [2.75, 3.05) is 13.2 Å². The summed E-state index contributed by atoms with van der Waals surface area (Å²) in [6.45, 7) is 4.46. The first-order chi connectivity index (χ1) is 10.8. The third-order valence-corrected chi connectivity index (χ3v) is 4.07. The molecule has 0 saturated carbocycles. The Morgan fingerprint density at radius 2 is 2.09 bits per heavy atom. The summed E-state index contributed by atoms with van der Waals surface area (Å²) in [5.41, 5.74) is 3.59. The SMILES string of the molecule is CCOc1ccc(CCC(=O)n2ccc3c2CCNC3)cc1. The Bertz CT molecular complexity index is 644. The van der Waals surface area contributed by atoms with E-state index in [9.17, 15) is 4.79 Å². The Morgan fingerprint density at radius 1 is 1.27 bits per heavy atom. The lowest BCUT2D eigenvalue weighted by Crippen LogP contribution is -2.26. The Morgan fingerprint density at radius 3 is 2.86 bits per heavy atom. The maximum absolute atomic E-state index is 12.4. The van der Waals surface area contributed by atoms with E-state index < -0.39 is 0 Å². The van der Waals surface area contributed by atoms with E-state index in [1.165, 1.54) is 16.8 Å². The lowest BCUT2D eigenvalue weighted by molar-refractivity contribution is 0.0899. The van der Waals surface area contributed by atoms with E-state index in [4.69, 9.17) is 4.74 Å². The molecule has 2 aromatic rings. The normalized spacial score (nSPS) is 13.7. The second-order valence-corrected chi connectivity index (χ2v) is 5.56. The molecular formula is C18H22N2O2. The van der Waals surface area contributed by atoms with Crippen molar-refractivity contribution in [1.29, 1.82) is 0 Å². The van der Waals surface area contributed by atoms with Crippen LogP contribution in [0.25, 0.3) is 0 Å². The van der Waals surface area contributed by atoms with Gasteiger partial charge in [-0.1, -0.05) is 12.1 Å². The predicted molar refractivity (Wildman–Crippen MR) is 86.4 cm³/mol. The standard InChI is InChI=1S/C18H22N2O2/c1-2-22-16-6-3-14(4-7-16)5-8-18(21)20-12-10-15-13-19-11-9-17(15)20/h3-4,6-7,10,12,19H,2,5,8-9,11,13H2,1H3. The summed E-state index contributed by atoms with van der Waals surface area (Å²) < 4.78 is 7.27. The van der Waals surface area contributed by atoms with Crippen LogP contribution >= 0.6 is 0 Å². The number of aryl methyl sites for hydroxylation is 1. The third kappa shape index (κ3) is 3.22. The Kier molecular flexibility index (Phi) is 4.59. The predicted octanol–water partition coefficient (Wildman–Crippen LogP) is 2.81. The summed E-state index contributed by atoms with van der Waals surface area (Å²) in [4.78, 5) is 12.4. The van der Waals surface area contributed by atoms with E-state index in [1.807, 2.05) is 42.0 Å². The first-order valence-corrected chi connectivity index (χ1v) is 7.92. The van der Waals surface area contributed by atoms with Crippen molar-refractivity contribution in [3.63, 3.8) is 0 Å². The molecule has 0 aliphatic carbocycles. The van der Waals surface area contributed by atoms with Crippen molar-refractivity contribution in [3.8, 4) is 5.75 Å². The van der Waals surface area contributed by atoms with Crippen LogP contribution in [0.1, 0.15) is 35.0 Å². The molecule has 0 fully saturated rings. The number of carbonyl (C=O) groups is 1. The minimum atomic E-state index is 0.178. The number of nitrogens with one attached hydrogen (secondary N) is 1. The van der Waals surface area contributed by atoms with Crippen molar-refractivity contribution in [1.82, 2.24) is 9.88 Å². The van der Waals surface area contributed by atoms with Gasteiger partial charge in [0.1, 0.15) is 5.75 Å². The zero-order chi connectivity index (χ0) is 15.4. The van der Waals surface area contributed by atoms with Crippen molar-refractivity contribution in [2.45, 2.75) is 32.7 Å². The van der Waals surface area contributed by atoms with Crippen LogP contribution in [0.3, 0.4) is 0 Å². The highest BCUT2D eigenvalue weighted by Gasteiger charge is 2.16. The average molecular weight is 298 g/mol. The highest BCUT2D eigenvalue weighted by molar-refractivity contribution is 5.80. The Balaban J connectivity index is 1.61. The number of aromatic nitrogens is 1. The molecule has 0 spiro atoms. The summed E-state index contributed by atoms with van der Waals surface area (Å²) >= 11 is 0. The maximum Gasteiger partial charge on any atom is 0.231 e. The molecule has 1 aliphatic heterocycles. The van der Waals surface area contributed by atoms with Crippen LogP contribution in [0.5, 0.6) is 5.75 Å². The molecule has 0 saturated heterocycles. The number of hydrogen-bond acceptors (Lipinski definition) is 3. The average Bonchev–Trinajstić information content (AvgIpc) is 2.98. The molecule has 3 rings (SSSR count). The van der Waals surface area contributed by atoms with Crippen LogP contribution in [-0.4, -0.2) is 23.6 Å². The smallest absolute Gasteiger partial charge is 0.231 e. The van der Waals surface area contributed by atoms with Gasteiger partial charge in [0.2, 0.25) is 5.91 Å². The first-order valence-electron chi connectivity index (χ1n) is 7.92. The quantitative estimate of drug-likeness (QED) is 0.923. The molecule has 4 nitrogen and oxygen atoms in total. The minimum Gasteiger partial charge on any atom is -0.494 e. The van der Waals surface area contributed by atoms with Gasteiger partial charge in [0.05, 0.1) is 6.61 Å². The van der Waals surface area contributed by atoms with E-state index in [0.717, 1.165) is 31.7 Å². The van der Waals surface area contributed by atoms with Gasteiger partial charge in [-0.3, -0.25) is 9.36 Å². The number of ether oxygens (including phenoxy) is 1. The molecule has 0 amide bonds. The Hall–Kier alpha value is -2.07. The van der Waals surface area contributed by atoms with Crippen LogP contribution in [-0.2, 0) is 19.4 Å². The molecule has 0 radical (unpaired) electrons. The van der Waals surface area contributed by atoms with Crippen molar-refractivity contribution in [2.24, 2.45) is 0 Å². The van der Waals surface area contributed by atoms with Crippen LogP contribution in [0, 0.1) is 0 Å². The van der Waals surface area contributed by atoms with Crippen LogP contribution < -0.4 is 10.1 Å². The number of benzene rings is 1. The van der Waals surface area contributed by atoms with E-state index in [1.54, 1.807) is 0 Å². The second kappa shape index (κ2) is 6.79. The van der Waals surface area contributed by atoms with Gasteiger partial charge in [-0.05, 0) is 42.7 Å². The molecule has 22 heavy (non-hydrogen) atoms. The number of carbonyl (C=O) groups excluding carboxylic acids is 1. The zero-order valence-corrected chi connectivity index (χ0v) is 13.0. The van der Waals surface area contributed by atoms with E-state index >= 15 is 0 Å². The molecule has 2 heterocycles. The van der Waals surface area contributed by atoms with Gasteiger partial charge in [-0.25, -0.2) is 0 Å². The molecule has 4 heteroatoms. The summed E-state index contributed by atoms with van der Waals surface area (Å²) in [6, 6.07) is 10.1. The summed E-state index contributed by atoms with van der Waals surface area (Å²) in [5.74, 6) is 1.06. The van der Waals surface area contributed by atoms with Gasteiger partial charge >= 0.3 is 0 Å². The van der Waals surface area contributed by atoms with E-state index in [2.05, 4.69) is 11.4 Å². The van der Waals surface area contributed by atoms with Crippen LogP contribution in [0.4, 0.5) is 0 Å². The summed E-state index contributed by atoms with van der Waals surface area (Å²) in [6.07, 6.45) is 4.13. The second-order valence-electron chi connectivity index (χ2n) is 5.56. The van der Waals surface area contributed by atoms with E-state index in [0.29, 0.717) is 13.0 Å². The van der Waals surface area contributed by atoms with Crippen molar-refractivity contribution < 1.29 is 9.53 Å². The highest BCUT2D eigenvalue weighted by Crippen LogP contribution is 2.17. The largest absolute Gasteiger partial charge is 0.494 e. The Labute approximate surface area is 131 Å². The molecule has 116 valence electrons. The van der Waals surface area contributed by atoms with Gasteiger partial charge in [-0.2, -0.15) is 0 Å². The first kappa shape index (κ1) is 14.9. The van der Waals surface area contributed by atoms with Crippen molar-refractivity contribution >= 4 is 5.91 Å². The van der Waals surface area contributed by atoms with Crippen LogP contribution in [0.15, 0.2) is 36.5 Å². The monoisotopic (exact) mass is 298 g/mol. The highest BCUT2D eigenvalue weighted by atomic mass is 16.5. The van der Waals surface area contributed by atoms with Gasteiger partial charge in [0.15, 0.2) is 0 Å². The third-order valence-electron chi connectivity index (χ3n) is 4.07. The summed E-state index contributed by atoms with van der Waals surface area (Å²) in [7, 11) is 0. The van der Waals surface area contributed by atoms with Gasteiger partial charge in [0, 0.05) is 37.8 Å². The fourth-order valence-electron chi connectivity index (χ4n) is 2.90. The molecule has 0 unspecified atom stereocenters. The topological polar surface area (TPSA) is 43.3 Å². The zero-order valence-electron chi connectivity index (χ0n) is 13.0. The van der Waals surface area contributed by atoms with Crippen LogP contribution in [0.2, 0.25) is 0 Å².